The van der Waals surface area contributed by atoms with Crippen LogP contribution in [0, 0.1) is 0 Å². The van der Waals surface area contributed by atoms with E-state index in [4.69, 9.17) is 5.11 Å². The summed E-state index contributed by atoms with van der Waals surface area (Å²) in [5.41, 5.74) is 2.21. The van der Waals surface area contributed by atoms with Gasteiger partial charge in [0.05, 0.1) is 5.69 Å². The molecule has 0 aliphatic rings. The van der Waals surface area contributed by atoms with Gasteiger partial charge in [0.15, 0.2) is 0 Å². The van der Waals surface area contributed by atoms with E-state index < -0.39 is 5.97 Å². The molecule has 0 radical (unpaired) electrons. The van der Waals surface area contributed by atoms with Gasteiger partial charge < -0.3 is 10.2 Å². The molecule has 92 valence electrons. The van der Waals surface area contributed by atoms with Crippen molar-refractivity contribution in [1.29, 1.82) is 0 Å². The minimum absolute atomic E-state index is 0.0126. The van der Waals surface area contributed by atoms with Gasteiger partial charge in [-0.15, -0.1) is 0 Å². The van der Waals surface area contributed by atoms with E-state index in [-0.39, 0.29) is 11.4 Å². The molecule has 2 rings (SSSR count). The fourth-order valence-corrected chi connectivity index (χ4v) is 1.74. The number of phenolic OH excluding ortho intramolecular Hbond substituents is 1. The summed E-state index contributed by atoms with van der Waals surface area (Å²) in [6.07, 6.45) is 0.707. The lowest BCUT2D eigenvalue weighted by atomic mass is 10.0. The van der Waals surface area contributed by atoms with Crippen LogP contribution in [-0.4, -0.2) is 21.2 Å². The van der Waals surface area contributed by atoms with Crippen molar-refractivity contribution in [3.05, 3.63) is 47.7 Å². The number of hydrogen-bond acceptors (Lipinski definition) is 3. The molecule has 0 amide bonds. The molecule has 0 spiro atoms. The van der Waals surface area contributed by atoms with Gasteiger partial charge in [-0.25, -0.2) is 9.78 Å². The first-order chi connectivity index (χ1) is 8.61. The molecule has 0 aliphatic carbocycles. The molecular weight excluding hydrogens is 230 g/mol. The molecule has 0 unspecified atom stereocenters. The Balaban J connectivity index is 2.48. The molecule has 0 saturated carbocycles. The summed E-state index contributed by atoms with van der Waals surface area (Å²) in [5.74, 6) is -0.804. The van der Waals surface area contributed by atoms with Crippen LogP contribution in [-0.2, 0) is 6.42 Å². The highest BCUT2D eigenvalue weighted by Gasteiger charge is 2.08. The Morgan fingerprint density at radius 2 is 2.06 bits per heavy atom. The smallest absolute Gasteiger partial charge is 0.354 e. The summed E-state index contributed by atoms with van der Waals surface area (Å²) >= 11 is 0. The Hall–Kier alpha value is -2.36. The number of aryl methyl sites for hydroxylation is 1. The fraction of sp³-hybridized carbons (Fsp3) is 0.143. The molecule has 1 heterocycles. The van der Waals surface area contributed by atoms with Gasteiger partial charge >= 0.3 is 5.97 Å². The molecule has 1 aromatic carbocycles. The Morgan fingerprint density at radius 1 is 1.28 bits per heavy atom. The summed E-state index contributed by atoms with van der Waals surface area (Å²) in [4.78, 5) is 14.9. The van der Waals surface area contributed by atoms with Crippen molar-refractivity contribution in [2.45, 2.75) is 13.3 Å². The van der Waals surface area contributed by atoms with Crippen LogP contribution >= 0.6 is 0 Å². The summed E-state index contributed by atoms with van der Waals surface area (Å²) in [6, 6.07) is 10.0. The molecule has 0 saturated heterocycles. The van der Waals surface area contributed by atoms with E-state index in [2.05, 4.69) is 4.98 Å². The van der Waals surface area contributed by atoms with Crippen molar-refractivity contribution in [2.75, 3.05) is 0 Å². The van der Waals surface area contributed by atoms with E-state index in [1.54, 1.807) is 24.3 Å². The molecule has 0 atom stereocenters. The summed E-state index contributed by atoms with van der Waals surface area (Å²) in [6.45, 7) is 1.94. The SMILES string of the molecule is CCc1cc(-c2cccc(C(=O)O)n2)ccc1O. The molecule has 4 heteroatoms. The molecule has 0 aliphatic heterocycles. The number of phenols is 1. The van der Waals surface area contributed by atoms with Crippen LogP contribution in [0.1, 0.15) is 23.0 Å². The number of nitrogens with zero attached hydrogens (tertiary/aromatic N) is 1. The Morgan fingerprint density at radius 3 is 2.72 bits per heavy atom. The number of benzene rings is 1. The highest BCUT2D eigenvalue weighted by atomic mass is 16.4. The number of aromatic carboxylic acids is 1. The maximum absolute atomic E-state index is 10.9. The van der Waals surface area contributed by atoms with E-state index in [0.717, 1.165) is 11.1 Å². The highest BCUT2D eigenvalue weighted by molar-refractivity contribution is 5.86. The standard InChI is InChI=1S/C14H13NO3/c1-2-9-8-10(6-7-13(9)16)11-4-3-5-12(15-11)14(17)18/h3-8,16H,2H2,1H3,(H,17,18). The van der Waals surface area contributed by atoms with Crippen LogP contribution < -0.4 is 0 Å². The monoisotopic (exact) mass is 243 g/mol. The lowest BCUT2D eigenvalue weighted by Gasteiger charge is -2.06. The molecule has 0 fully saturated rings. The van der Waals surface area contributed by atoms with Crippen molar-refractivity contribution in [3.63, 3.8) is 0 Å². The molecule has 2 N–H and O–H groups in total. The van der Waals surface area contributed by atoms with Crippen LogP contribution in [0.3, 0.4) is 0 Å². The van der Waals surface area contributed by atoms with Crippen LogP contribution in [0.2, 0.25) is 0 Å². The zero-order valence-electron chi connectivity index (χ0n) is 9.92. The van der Waals surface area contributed by atoms with Gasteiger partial charge in [0.1, 0.15) is 11.4 Å². The number of hydrogen-bond donors (Lipinski definition) is 2. The fourth-order valence-electron chi connectivity index (χ4n) is 1.74. The molecule has 2 aromatic rings. The number of carboxylic acids is 1. The average molecular weight is 243 g/mol. The van der Waals surface area contributed by atoms with E-state index in [1.165, 1.54) is 6.07 Å². The number of aromatic hydroxyl groups is 1. The van der Waals surface area contributed by atoms with E-state index >= 15 is 0 Å². The minimum atomic E-state index is -1.05. The third kappa shape index (κ3) is 2.32. The highest BCUT2D eigenvalue weighted by Crippen LogP contribution is 2.25. The average Bonchev–Trinajstić information content (AvgIpc) is 2.39. The number of carbonyl (C=O) groups is 1. The van der Waals surface area contributed by atoms with Crippen molar-refractivity contribution >= 4 is 5.97 Å². The van der Waals surface area contributed by atoms with E-state index in [9.17, 15) is 9.90 Å². The normalized spacial score (nSPS) is 10.3. The van der Waals surface area contributed by atoms with Gasteiger partial charge in [-0.2, -0.15) is 0 Å². The van der Waals surface area contributed by atoms with E-state index in [1.807, 2.05) is 13.0 Å². The molecule has 18 heavy (non-hydrogen) atoms. The first-order valence-electron chi connectivity index (χ1n) is 5.64. The number of pyridine rings is 1. The maximum atomic E-state index is 10.9. The van der Waals surface area contributed by atoms with Crippen LogP contribution in [0.5, 0.6) is 5.75 Å². The van der Waals surface area contributed by atoms with Gasteiger partial charge in [-0.05, 0) is 42.3 Å². The second-order valence-electron chi connectivity index (χ2n) is 3.91. The van der Waals surface area contributed by atoms with Gasteiger partial charge in [0.25, 0.3) is 0 Å². The van der Waals surface area contributed by atoms with Gasteiger partial charge in [0.2, 0.25) is 0 Å². The first-order valence-corrected chi connectivity index (χ1v) is 5.64. The largest absolute Gasteiger partial charge is 0.508 e. The van der Waals surface area contributed by atoms with Crippen molar-refractivity contribution in [3.8, 4) is 17.0 Å². The van der Waals surface area contributed by atoms with Crippen molar-refractivity contribution in [1.82, 2.24) is 4.98 Å². The van der Waals surface area contributed by atoms with Crippen LogP contribution in [0.4, 0.5) is 0 Å². The van der Waals surface area contributed by atoms with Crippen molar-refractivity contribution < 1.29 is 15.0 Å². The Bertz CT molecular complexity index is 593. The van der Waals surface area contributed by atoms with Gasteiger partial charge in [0, 0.05) is 5.56 Å². The number of carboxylic acid groups (broad SMARTS) is 1. The lowest BCUT2D eigenvalue weighted by Crippen LogP contribution is -2.00. The number of rotatable bonds is 3. The molecular formula is C14H13NO3. The molecule has 1 aromatic heterocycles. The predicted molar refractivity (Wildman–Crippen MR) is 67.7 cm³/mol. The van der Waals surface area contributed by atoms with Crippen LogP contribution in [0.25, 0.3) is 11.3 Å². The van der Waals surface area contributed by atoms with E-state index in [0.29, 0.717) is 12.1 Å². The van der Waals surface area contributed by atoms with Crippen LogP contribution in [0.15, 0.2) is 36.4 Å². The van der Waals surface area contributed by atoms with Gasteiger partial charge in [-0.1, -0.05) is 13.0 Å². The van der Waals surface area contributed by atoms with Gasteiger partial charge in [-0.3, -0.25) is 0 Å². The summed E-state index contributed by atoms with van der Waals surface area (Å²) in [7, 11) is 0. The quantitative estimate of drug-likeness (QED) is 0.869. The topological polar surface area (TPSA) is 70.4 Å². The third-order valence-electron chi connectivity index (χ3n) is 2.72. The third-order valence-corrected chi connectivity index (χ3v) is 2.72. The maximum Gasteiger partial charge on any atom is 0.354 e. The predicted octanol–water partition coefficient (Wildman–Crippen LogP) is 2.71. The Labute approximate surface area is 105 Å². The molecule has 4 nitrogen and oxygen atoms in total. The molecule has 0 bridgehead atoms. The zero-order valence-corrected chi connectivity index (χ0v) is 9.92. The minimum Gasteiger partial charge on any atom is -0.508 e. The zero-order chi connectivity index (χ0) is 13.1. The lowest BCUT2D eigenvalue weighted by molar-refractivity contribution is 0.0690. The number of aromatic nitrogens is 1. The summed E-state index contributed by atoms with van der Waals surface area (Å²) in [5, 5.41) is 18.5. The van der Waals surface area contributed by atoms with Crippen molar-refractivity contribution in [2.24, 2.45) is 0 Å². The second kappa shape index (κ2) is 4.87. The first kappa shape index (κ1) is 12.1. The Kier molecular flexibility index (Phi) is 3.28. The second-order valence-corrected chi connectivity index (χ2v) is 3.91. The summed E-state index contributed by atoms with van der Waals surface area (Å²) < 4.78 is 0.